The van der Waals surface area contributed by atoms with Crippen LogP contribution in [0.1, 0.15) is 38.7 Å². The van der Waals surface area contributed by atoms with Crippen molar-refractivity contribution in [3.05, 3.63) is 23.8 Å². The van der Waals surface area contributed by atoms with Crippen molar-refractivity contribution >= 4 is 11.6 Å². The van der Waals surface area contributed by atoms with E-state index in [0.717, 1.165) is 24.2 Å². The molecule has 1 aliphatic rings. The maximum absolute atomic E-state index is 10.8. The topological polar surface area (TPSA) is 61.4 Å². The summed E-state index contributed by atoms with van der Waals surface area (Å²) in [4.78, 5) is 10.8. The van der Waals surface area contributed by atoms with Gasteiger partial charge >= 0.3 is 0 Å². The Bertz CT molecular complexity index is 405. The van der Waals surface area contributed by atoms with Crippen LogP contribution in [0.25, 0.3) is 0 Å². The molecule has 0 bridgehead atoms. The molecule has 1 amide bonds. The lowest BCUT2D eigenvalue weighted by Gasteiger charge is -2.10. The van der Waals surface area contributed by atoms with Crippen molar-refractivity contribution in [1.82, 2.24) is 5.32 Å². The van der Waals surface area contributed by atoms with Crippen LogP contribution in [0.15, 0.2) is 18.2 Å². The molecule has 2 rings (SSSR count). The predicted molar refractivity (Wildman–Crippen MR) is 74.0 cm³/mol. The van der Waals surface area contributed by atoms with Gasteiger partial charge in [-0.05, 0) is 30.2 Å². The van der Waals surface area contributed by atoms with E-state index in [1.165, 1.54) is 6.92 Å². The summed E-state index contributed by atoms with van der Waals surface area (Å²) in [6.45, 7) is 7.07. The first-order valence-corrected chi connectivity index (χ1v) is 6.48. The van der Waals surface area contributed by atoms with Crippen LogP contribution < -0.4 is 10.6 Å². The van der Waals surface area contributed by atoms with Crippen molar-refractivity contribution in [2.24, 2.45) is 0 Å². The second-order valence-corrected chi connectivity index (χ2v) is 4.12. The van der Waals surface area contributed by atoms with Crippen LogP contribution in [0.2, 0.25) is 0 Å². The minimum Gasteiger partial charge on any atom is -0.508 e. The van der Waals surface area contributed by atoms with Gasteiger partial charge in [0.1, 0.15) is 5.75 Å². The molecule has 0 fully saturated rings. The minimum absolute atomic E-state index is 0.00193. The Morgan fingerprint density at radius 1 is 1.50 bits per heavy atom. The molecule has 18 heavy (non-hydrogen) atoms. The number of phenols is 1. The van der Waals surface area contributed by atoms with Crippen molar-refractivity contribution in [3.63, 3.8) is 0 Å². The molecule has 1 aliphatic heterocycles. The molecule has 0 saturated carbocycles. The molecule has 1 unspecified atom stereocenters. The Morgan fingerprint density at radius 3 is 2.89 bits per heavy atom. The molecule has 0 radical (unpaired) electrons. The molecule has 0 saturated heterocycles. The number of nitrogens with one attached hydrogen (secondary N) is 2. The van der Waals surface area contributed by atoms with Crippen molar-refractivity contribution in [3.8, 4) is 5.75 Å². The predicted octanol–water partition coefficient (Wildman–Crippen LogP) is 2.45. The van der Waals surface area contributed by atoms with Crippen molar-refractivity contribution < 1.29 is 9.90 Å². The minimum atomic E-state index is 0.00193. The number of hydrogen-bond donors (Lipinski definition) is 3. The van der Waals surface area contributed by atoms with Gasteiger partial charge in [-0.1, -0.05) is 13.8 Å². The number of aromatic hydroxyl groups is 1. The first-order valence-electron chi connectivity index (χ1n) is 6.48. The molecular weight excluding hydrogens is 228 g/mol. The molecule has 4 nitrogen and oxygen atoms in total. The van der Waals surface area contributed by atoms with E-state index >= 15 is 0 Å². The third kappa shape index (κ3) is 3.65. The molecule has 1 aromatic rings. The molecule has 4 heteroatoms. The number of carbonyl (C=O) groups is 1. The number of rotatable bonds is 3. The third-order valence-corrected chi connectivity index (χ3v) is 2.88. The Kier molecular flexibility index (Phi) is 5.49. The number of benzene rings is 1. The molecule has 1 atom stereocenters. The fourth-order valence-corrected chi connectivity index (χ4v) is 2.07. The highest BCUT2D eigenvalue weighted by Gasteiger charge is 2.21. The smallest absolute Gasteiger partial charge is 0.216 e. The van der Waals surface area contributed by atoms with E-state index in [1.54, 1.807) is 12.1 Å². The molecule has 1 heterocycles. The van der Waals surface area contributed by atoms with Gasteiger partial charge in [-0.3, -0.25) is 4.79 Å². The Balaban J connectivity index is 0.000000771. The lowest BCUT2D eigenvalue weighted by molar-refractivity contribution is -0.118. The monoisotopic (exact) mass is 250 g/mol. The van der Waals surface area contributed by atoms with Crippen LogP contribution in [-0.4, -0.2) is 24.1 Å². The number of hydrogen-bond acceptors (Lipinski definition) is 3. The van der Waals surface area contributed by atoms with E-state index in [2.05, 4.69) is 10.6 Å². The van der Waals surface area contributed by atoms with Crippen molar-refractivity contribution in [1.29, 1.82) is 0 Å². The van der Waals surface area contributed by atoms with Gasteiger partial charge in [0.2, 0.25) is 5.91 Å². The van der Waals surface area contributed by atoms with E-state index in [4.69, 9.17) is 0 Å². The fraction of sp³-hybridized carbons (Fsp3) is 0.500. The van der Waals surface area contributed by atoms with Crippen LogP contribution >= 0.6 is 0 Å². The van der Waals surface area contributed by atoms with Gasteiger partial charge in [-0.15, -0.1) is 0 Å². The first kappa shape index (κ1) is 14.4. The van der Waals surface area contributed by atoms with Gasteiger partial charge in [-0.2, -0.15) is 0 Å². The number of anilines is 1. The molecular formula is C14H22N2O2. The van der Waals surface area contributed by atoms with Crippen LogP contribution in [0.5, 0.6) is 5.75 Å². The summed E-state index contributed by atoms with van der Waals surface area (Å²) in [5.41, 5.74) is 2.23. The largest absolute Gasteiger partial charge is 0.508 e. The fourth-order valence-electron chi connectivity index (χ4n) is 2.07. The van der Waals surface area contributed by atoms with Gasteiger partial charge in [0.15, 0.2) is 0 Å². The second-order valence-electron chi connectivity index (χ2n) is 4.12. The molecule has 0 aromatic heterocycles. The molecule has 3 N–H and O–H groups in total. The van der Waals surface area contributed by atoms with Crippen LogP contribution in [0.3, 0.4) is 0 Å². The van der Waals surface area contributed by atoms with E-state index in [9.17, 15) is 9.90 Å². The van der Waals surface area contributed by atoms with E-state index < -0.39 is 0 Å². The zero-order valence-corrected chi connectivity index (χ0v) is 11.3. The normalized spacial score (nSPS) is 16.1. The van der Waals surface area contributed by atoms with E-state index in [-0.39, 0.29) is 5.91 Å². The van der Waals surface area contributed by atoms with E-state index in [0.29, 0.717) is 18.2 Å². The highest BCUT2D eigenvalue weighted by Crippen LogP contribution is 2.35. The Labute approximate surface area is 108 Å². The van der Waals surface area contributed by atoms with Crippen molar-refractivity contribution in [2.45, 2.75) is 33.1 Å². The van der Waals surface area contributed by atoms with Gasteiger partial charge in [0.25, 0.3) is 0 Å². The van der Waals surface area contributed by atoms with Crippen LogP contribution in [0.4, 0.5) is 5.69 Å². The lowest BCUT2D eigenvalue weighted by atomic mass is 9.98. The highest BCUT2D eigenvalue weighted by atomic mass is 16.3. The average molecular weight is 250 g/mol. The maximum Gasteiger partial charge on any atom is 0.216 e. The second kappa shape index (κ2) is 6.89. The molecule has 1 aromatic carbocycles. The number of phenolic OH excluding ortho intramolecular Hbond substituents is 1. The Hall–Kier alpha value is -1.71. The summed E-state index contributed by atoms with van der Waals surface area (Å²) in [5.74, 6) is 0.669. The Morgan fingerprint density at radius 2 is 2.22 bits per heavy atom. The summed E-state index contributed by atoms with van der Waals surface area (Å²) in [6.07, 6.45) is 0.892. The molecule has 100 valence electrons. The molecule has 0 spiro atoms. The SMILES string of the molecule is CC.CC(=O)NCCC1CNc2ccc(O)cc21. The van der Waals surface area contributed by atoms with Gasteiger partial charge in [-0.25, -0.2) is 0 Å². The van der Waals surface area contributed by atoms with E-state index in [1.807, 2.05) is 19.9 Å². The van der Waals surface area contributed by atoms with Crippen molar-refractivity contribution in [2.75, 3.05) is 18.4 Å². The highest BCUT2D eigenvalue weighted by molar-refractivity contribution is 5.72. The zero-order chi connectivity index (χ0) is 13.5. The van der Waals surface area contributed by atoms with Gasteiger partial charge < -0.3 is 15.7 Å². The number of carbonyl (C=O) groups excluding carboxylic acids is 1. The first-order chi connectivity index (χ1) is 8.66. The summed E-state index contributed by atoms with van der Waals surface area (Å²) < 4.78 is 0. The lowest BCUT2D eigenvalue weighted by Crippen LogP contribution is -2.22. The van der Waals surface area contributed by atoms with Gasteiger partial charge in [0.05, 0.1) is 0 Å². The molecule has 0 aliphatic carbocycles. The summed E-state index contributed by atoms with van der Waals surface area (Å²) in [6, 6.07) is 5.37. The number of amides is 1. The standard InChI is InChI=1S/C12H16N2O2.C2H6/c1-8(15)13-5-4-9-7-14-12-3-2-10(16)6-11(9)12;1-2/h2-3,6,9,14,16H,4-5,7H2,1H3,(H,13,15);1-2H3. The van der Waals surface area contributed by atoms with Crippen LogP contribution in [0, 0.1) is 0 Å². The summed E-state index contributed by atoms with van der Waals surface area (Å²) >= 11 is 0. The summed E-state index contributed by atoms with van der Waals surface area (Å²) in [7, 11) is 0. The van der Waals surface area contributed by atoms with Crippen LogP contribution in [-0.2, 0) is 4.79 Å². The quantitative estimate of drug-likeness (QED) is 0.722. The average Bonchev–Trinajstić information content (AvgIpc) is 2.74. The van der Waals surface area contributed by atoms with Gasteiger partial charge in [0, 0.05) is 31.6 Å². The maximum atomic E-state index is 10.8. The number of fused-ring (bicyclic) bond motifs is 1. The zero-order valence-electron chi connectivity index (χ0n) is 11.3. The summed E-state index contributed by atoms with van der Waals surface area (Å²) in [5, 5.41) is 15.5. The third-order valence-electron chi connectivity index (χ3n) is 2.88.